The summed E-state index contributed by atoms with van der Waals surface area (Å²) in [5.74, 6) is -3.46. The lowest BCUT2D eigenvalue weighted by molar-refractivity contribution is -0.215. The van der Waals surface area contributed by atoms with Crippen molar-refractivity contribution in [1.29, 1.82) is 0 Å². The molecule has 0 radical (unpaired) electrons. The van der Waals surface area contributed by atoms with Gasteiger partial charge in [0.25, 0.3) is 5.56 Å². The molecule has 4 rings (SSSR count). The van der Waals surface area contributed by atoms with Crippen molar-refractivity contribution in [3.05, 3.63) is 16.7 Å². The summed E-state index contributed by atoms with van der Waals surface area (Å²) in [6.45, 7) is 0. The summed E-state index contributed by atoms with van der Waals surface area (Å²) in [4.78, 5) is 45.6. The number of aliphatic carboxylic acids is 2. The van der Waals surface area contributed by atoms with E-state index in [-0.39, 0.29) is 23.5 Å². The summed E-state index contributed by atoms with van der Waals surface area (Å²) in [5, 5.41) is 29.6. The molecule has 0 aromatic carbocycles. The minimum Gasteiger partial charge on any atom is -0.481 e. The van der Waals surface area contributed by atoms with Crippen LogP contribution in [0.3, 0.4) is 0 Å². The molecule has 3 heterocycles. The van der Waals surface area contributed by atoms with Crippen LogP contribution in [-0.2, 0) is 20.1 Å². The summed E-state index contributed by atoms with van der Waals surface area (Å²) in [7, 11) is 0. The monoisotopic (exact) mass is 379 g/mol. The normalized spacial score (nSPS) is 32.6. The van der Waals surface area contributed by atoms with E-state index in [0.29, 0.717) is 12.8 Å². The number of carbonyl (C=O) groups is 2. The van der Waals surface area contributed by atoms with Gasteiger partial charge in [0, 0.05) is 5.92 Å². The van der Waals surface area contributed by atoms with Gasteiger partial charge in [0.1, 0.15) is 6.10 Å². The average molecular weight is 379 g/mol. The predicted octanol–water partition coefficient (Wildman–Crippen LogP) is -1.16. The third-order valence-electron chi connectivity index (χ3n) is 5.41. The van der Waals surface area contributed by atoms with E-state index in [0.717, 1.165) is 0 Å². The van der Waals surface area contributed by atoms with E-state index in [1.165, 1.54) is 10.9 Å². The Morgan fingerprint density at radius 1 is 1.41 bits per heavy atom. The van der Waals surface area contributed by atoms with Crippen molar-refractivity contribution < 1.29 is 29.6 Å². The number of anilines is 1. The lowest BCUT2D eigenvalue weighted by Gasteiger charge is -2.36. The molecule has 144 valence electrons. The number of carboxylic acids is 2. The molecule has 1 aliphatic carbocycles. The van der Waals surface area contributed by atoms with Crippen molar-refractivity contribution in [2.24, 2.45) is 5.92 Å². The average Bonchev–Trinajstić information content (AvgIpc) is 3.19. The van der Waals surface area contributed by atoms with Crippen molar-refractivity contribution in [3.8, 4) is 0 Å². The molecule has 0 amide bonds. The Labute approximate surface area is 150 Å². The minimum atomic E-state index is -2.01. The fourth-order valence-electron chi connectivity index (χ4n) is 4.34. The molecule has 2 aliphatic rings. The highest BCUT2D eigenvalue weighted by Crippen LogP contribution is 2.56. The number of aromatic nitrogens is 4. The Balaban J connectivity index is 1.93. The van der Waals surface area contributed by atoms with Crippen molar-refractivity contribution in [3.63, 3.8) is 0 Å². The van der Waals surface area contributed by atoms with Gasteiger partial charge in [0.2, 0.25) is 5.95 Å². The van der Waals surface area contributed by atoms with Crippen LogP contribution in [0.2, 0.25) is 0 Å². The van der Waals surface area contributed by atoms with E-state index in [2.05, 4.69) is 15.0 Å². The van der Waals surface area contributed by atoms with Gasteiger partial charge in [-0.2, -0.15) is 4.98 Å². The number of hydrogen-bond donors (Lipinski definition) is 5. The highest BCUT2D eigenvalue weighted by molar-refractivity contribution is 5.84. The topological polar surface area (TPSA) is 194 Å². The number of aliphatic hydroxyl groups is 1. The van der Waals surface area contributed by atoms with Gasteiger partial charge >= 0.3 is 11.9 Å². The zero-order valence-corrected chi connectivity index (χ0v) is 14.0. The Hall–Kier alpha value is -2.99. The lowest BCUT2D eigenvalue weighted by Crippen LogP contribution is -2.49. The largest absolute Gasteiger partial charge is 0.481 e. The molecule has 2 aromatic rings. The molecule has 1 saturated carbocycles. The molecule has 27 heavy (non-hydrogen) atoms. The fourth-order valence-corrected chi connectivity index (χ4v) is 4.34. The number of carboxylic acid groups (broad SMARTS) is 2. The number of imidazole rings is 1. The smallest absolute Gasteiger partial charge is 0.336 e. The Morgan fingerprint density at radius 2 is 2.15 bits per heavy atom. The second-order valence-electron chi connectivity index (χ2n) is 6.96. The standard InChI is InChI=1S/C15H17N5O7/c16-13-18-10-9(11(24)19-13)17-5-20(10)15-6(1-2-7(15)21)3-14(27-15,12(25)26)4-8(22)23/h5-7,21H,1-4H2,(H,22,23)(H,25,26)(H3,16,18,19,24)/t6?,7?,14-,15+/m0/s1. The van der Waals surface area contributed by atoms with E-state index >= 15 is 0 Å². The van der Waals surface area contributed by atoms with Crippen molar-refractivity contribution in [2.75, 3.05) is 5.73 Å². The Kier molecular flexibility index (Phi) is 3.55. The van der Waals surface area contributed by atoms with Gasteiger partial charge in [-0.25, -0.2) is 9.78 Å². The van der Waals surface area contributed by atoms with Gasteiger partial charge in [-0.3, -0.25) is 19.1 Å². The quantitative estimate of drug-likeness (QED) is 0.432. The first-order valence-electron chi connectivity index (χ1n) is 8.26. The fraction of sp³-hybridized carbons (Fsp3) is 0.533. The summed E-state index contributed by atoms with van der Waals surface area (Å²) in [6, 6.07) is 0. The molecule has 1 saturated heterocycles. The van der Waals surface area contributed by atoms with Crippen molar-refractivity contribution in [1.82, 2.24) is 19.5 Å². The van der Waals surface area contributed by atoms with Crippen LogP contribution in [0.15, 0.2) is 11.1 Å². The molecule has 0 spiro atoms. The Bertz CT molecular complexity index is 1020. The van der Waals surface area contributed by atoms with Gasteiger partial charge in [0.05, 0.1) is 12.7 Å². The second kappa shape index (κ2) is 5.50. The highest BCUT2D eigenvalue weighted by atomic mass is 16.6. The van der Waals surface area contributed by atoms with Crippen LogP contribution in [0.25, 0.3) is 11.2 Å². The third-order valence-corrected chi connectivity index (χ3v) is 5.41. The number of aromatic amines is 1. The minimum absolute atomic E-state index is 0.0266. The molecule has 2 fully saturated rings. The zero-order valence-electron chi connectivity index (χ0n) is 14.0. The van der Waals surface area contributed by atoms with Crippen LogP contribution >= 0.6 is 0 Å². The number of nitrogen functional groups attached to an aromatic ring is 1. The Morgan fingerprint density at radius 3 is 2.81 bits per heavy atom. The van der Waals surface area contributed by atoms with Crippen molar-refractivity contribution in [2.45, 2.75) is 43.1 Å². The molecule has 1 aliphatic heterocycles. The lowest BCUT2D eigenvalue weighted by atomic mass is 9.88. The number of fused-ring (bicyclic) bond motifs is 2. The number of H-pyrrole nitrogens is 1. The van der Waals surface area contributed by atoms with Gasteiger partial charge in [-0.05, 0) is 19.3 Å². The predicted molar refractivity (Wildman–Crippen MR) is 87.6 cm³/mol. The number of aliphatic hydroxyl groups excluding tert-OH is 1. The number of nitrogens with zero attached hydrogens (tertiary/aromatic N) is 3. The number of rotatable bonds is 4. The first-order valence-corrected chi connectivity index (χ1v) is 8.26. The van der Waals surface area contributed by atoms with Gasteiger partial charge in [0.15, 0.2) is 22.5 Å². The van der Waals surface area contributed by atoms with Gasteiger partial charge in [-0.15, -0.1) is 0 Å². The maximum absolute atomic E-state index is 12.1. The van der Waals surface area contributed by atoms with Crippen LogP contribution in [0.4, 0.5) is 5.95 Å². The maximum Gasteiger partial charge on any atom is 0.336 e. The zero-order chi connectivity index (χ0) is 19.6. The summed E-state index contributed by atoms with van der Waals surface area (Å²) >= 11 is 0. The molecule has 2 aromatic heterocycles. The molecule has 12 heteroatoms. The van der Waals surface area contributed by atoms with E-state index in [1.54, 1.807) is 0 Å². The molecule has 4 atom stereocenters. The van der Waals surface area contributed by atoms with Crippen molar-refractivity contribution >= 4 is 29.1 Å². The van der Waals surface area contributed by atoms with Crippen LogP contribution in [0.5, 0.6) is 0 Å². The molecule has 2 unspecified atom stereocenters. The number of nitrogens with two attached hydrogens (primary N) is 1. The van der Waals surface area contributed by atoms with Crippen LogP contribution in [0.1, 0.15) is 25.7 Å². The van der Waals surface area contributed by atoms with Gasteiger partial charge in [-0.1, -0.05) is 0 Å². The SMILES string of the molecule is Nc1nc2c(ncn2[C@@]23O[C@@](CC(=O)O)(C(=O)O)CC2CCC3O)c(=O)[nH]1. The molecule has 0 bridgehead atoms. The van der Waals surface area contributed by atoms with E-state index in [9.17, 15) is 29.7 Å². The number of hydrogen-bond acceptors (Lipinski definition) is 8. The van der Waals surface area contributed by atoms with Crippen LogP contribution in [-0.4, -0.2) is 58.5 Å². The first-order chi connectivity index (χ1) is 12.7. The maximum atomic E-state index is 12.1. The molecule has 12 nitrogen and oxygen atoms in total. The number of nitrogens with one attached hydrogen (secondary N) is 1. The van der Waals surface area contributed by atoms with E-state index in [4.69, 9.17) is 10.5 Å². The first kappa shape index (κ1) is 17.4. The summed E-state index contributed by atoms with van der Waals surface area (Å²) in [6.07, 6.45) is -0.0654. The third kappa shape index (κ3) is 2.26. The van der Waals surface area contributed by atoms with E-state index < -0.39 is 47.3 Å². The second-order valence-corrected chi connectivity index (χ2v) is 6.96. The highest BCUT2D eigenvalue weighted by Gasteiger charge is 2.66. The molecular weight excluding hydrogens is 362 g/mol. The van der Waals surface area contributed by atoms with Gasteiger partial charge < -0.3 is 25.8 Å². The van der Waals surface area contributed by atoms with Crippen LogP contribution < -0.4 is 11.3 Å². The number of ether oxygens (including phenoxy) is 1. The summed E-state index contributed by atoms with van der Waals surface area (Å²) in [5.41, 5.74) is 1.38. The summed E-state index contributed by atoms with van der Waals surface area (Å²) < 4.78 is 7.19. The molecule has 6 N–H and O–H groups in total. The van der Waals surface area contributed by atoms with Crippen LogP contribution in [0, 0.1) is 5.92 Å². The van der Waals surface area contributed by atoms with E-state index in [1.807, 2.05) is 0 Å². The molecular formula is C15H17N5O7.